The van der Waals surface area contributed by atoms with Crippen LogP contribution in [0.2, 0.25) is 0 Å². The molecule has 0 saturated heterocycles. The van der Waals surface area contributed by atoms with E-state index in [0.717, 1.165) is 103 Å². The van der Waals surface area contributed by atoms with Crippen LogP contribution in [-0.2, 0) is 124 Å². The van der Waals surface area contributed by atoms with Gasteiger partial charge in [-0.1, -0.05) is 463 Å². The first kappa shape index (κ1) is 127. The average molecular weight is 1870 g/mol. The van der Waals surface area contributed by atoms with Gasteiger partial charge in [-0.15, -0.1) is 6.10 Å². The average Bonchev–Trinajstić information content (AvgIpc) is 0.755. The zero-order valence-corrected chi connectivity index (χ0v) is 86.1. The van der Waals surface area contributed by atoms with Gasteiger partial charge in [0.2, 0.25) is 0 Å². The maximum atomic E-state index is 12.5. The van der Waals surface area contributed by atoms with Crippen LogP contribution in [0.15, 0.2) is 105 Å². The molecule has 0 aromatic heterocycles. The van der Waals surface area contributed by atoms with E-state index in [2.05, 4.69) is 41.5 Å². The molecule has 0 radical (unpaired) electrons. The third kappa shape index (κ3) is 80.3. The Hall–Kier alpha value is -2.33. The first-order chi connectivity index (χ1) is 58.6. The Morgan fingerprint density at radius 2 is 0.407 bits per heavy atom. The van der Waals surface area contributed by atoms with Gasteiger partial charge in [0.25, 0.3) is 10.1 Å². The molecular weight excluding hydrogens is 1690 g/mol. The molecule has 0 aliphatic heterocycles. The van der Waals surface area contributed by atoms with Gasteiger partial charge in [-0.05, 0) is 149 Å². The number of aliphatic hydroxyl groups is 1. The fourth-order valence-electron chi connectivity index (χ4n) is 15.4. The second-order valence-corrected chi connectivity index (χ2v) is 40.0. The van der Waals surface area contributed by atoms with Gasteiger partial charge in [-0.3, -0.25) is 4.55 Å². The maximum absolute atomic E-state index is 12.5. The predicted octanol–water partition coefficient (Wildman–Crippen LogP) is 29.5. The van der Waals surface area contributed by atoms with Gasteiger partial charge in [-0.25, -0.2) is 25.3 Å². The molecule has 0 spiro atoms. The molecule has 0 bridgehead atoms. The van der Waals surface area contributed by atoms with Gasteiger partial charge in [0.15, 0.2) is 0 Å². The Morgan fingerprint density at radius 1 is 0.252 bits per heavy atom. The Kier molecular flexibility index (Phi) is 91.8. The second kappa shape index (κ2) is 88.9. The summed E-state index contributed by atoms with van der Waals surface area (Å²) in [5, 5.41) is 17.6. The molecule has 0 amide bonds. The number of benzene rings is 4. The Bertz CT molecular complexity index is 3220. The summed E-state index contributed by atoms with van der Waals surface area (Å²) in [4.78, 5) is 0.0279. The summed E-state index contributed by atoms with van der Waals surface area (Å²) in [5.41, 5.74) is 5.51. The van der Waals surface area contributed by atoms with Crippen LogP contribution in [0.3, 0.4) is 0 Å². The first-order valence-electron chi connectivity index (χ1n) is 49.3. The molecule has 0 heterocycles. The molecule has 0 aliphatic carbocycles. The zero-order valence-electron chi connectivity index (χ0n) is 79.7. The Labute approximate surface area is 784 Å². The Morgan fingerprint density at radius 3 is 0.585 bits per heavy atom. The molecule has 0 fully saturated rings. The van der Waals surface area contributed by atoms with Gasteiger partial charge in [-0.2, -0.15) is 8.42 Å². The minimum absolute atomic E-state index is 0. The van der Waals surface area contributed by atoms with Gasteiger partial charge in [0.05, 0.1) is 19.6 Å². The molecular formula is C102H180O15S4Ti2. The number of aryl methyl sites for hydroxylation is 4. The van der Waals surface area contributed by atoms with Crippen LogP contribution < -0.4 is 5.11 Å². The maximum Gasteiger partial charge on any atom is 4.00 e. The van der Waals surface area contributed by atoms with Crippen LogP contribution in [0.5, 0.6) is 0 Å². The monoisotopic (exact) mass is 1870 g/mol. The molecule has 710 valence electrons. The molecule has 0 aliphatic rings. The molecule has 15 nitrogen and oxygen atoms in total. The standard InChI is InChI=1S/C42H78O3S.3C18H30O3S.C3H8O.C3H7O.O.2Ti/c1-4-7-10-13-16-19-22-25-28-31-34-39-37-38-42(46(43,44)45)41(36-33-30-27-24-21-18-15-12-9-6-3)40(39)35-32-29-26-23-20-17-14-11-8-5-2;3*1-2-3-4-5-6-7-8-9-10-11-14-17-15-12-13-16-18(17)22(19,20)21;2*1-3(2)4;;;/h37-38H,4-36H2,1-3H3,(H,43,44,45);3*12-13,15-16H,2-11,14H2,1H3,(H,19,20,21);3-4H,1-2H3;3H,1-2H3;;;/q;;;;;-1;;;+4/p-3. The largest absolute Gasteiger partial charge is 4.00 e. The predicted molar refractivity (Wildman–Crippen MR) is 506 cm³/mol. The fourth-order valence-corrected chi connectivity index (χ4v) is 18.4. The van der Waals surface area contributed by atoms with Crippen molar-refractivity contribution in [3.05, 3.63) is 118 Å². The molecule has 4 aromatic carbocycles. The molecule has 0 atom stereocenters. The number of unbranched alkanes of at least 4 members (excludes halogenated alkanes) is 54. The van der Waals surface area contributed by atoms with Crippen molar-refractivity contribution >= 4 is 40.5 Å². The van der Waals surface area contributed by atoms with Crippen molar-refractivity contribution in [2.24, 2.45) is 0 Å². The number of rotatable bonds is 70. The van der Waals surface area contributed by atoms with Gasteiger partial charge in [0, 0.05) is 6.10 Å². The summed E-state index contributed by atoms with van der Waals surface area (Å²) < 4.78 is 144. The number of hydrogen-bond donors (Lipinski definition) is 2. The van der Waals surface area contributed by atoms with E-state index >= 15 is 0 Å². The van der Waals surface area contributed by atoms with Crippen molar-refractivity contribution in [2.75, 3.05) is 0 Å². The quantitative estimate of drug-likeness (QED) is 0.0236. The van der Waals surface area contributed by atoms with E-state index in [4.69, 9.17) is 8.43 Å². The van der Waals surface area contributed by atoms with Crippen LogP contribution in [0.4, 0.5) is 0 Å². The SMILES string of the molecule is CC(C)O.CC(C)[O-].CCCCCCCCCCCCc1ccc(S(=O)(=O)O)c(CCCCCCCCCCCC)c1CCCCCCCCCCCC.CCCCCCCCCCCCc1ccccc1S(=O)(=O)[O-].CCCCCCCCCCCCc1ccccc1S(=O)(=O)[O-].CCCCCCCCCCCCc1ccccc1S(=O)(=O)[O-].[O]=[Ti].[Ti+4]. The molecule has 2 N–H and O–H groups in total. The topological polar surface area (TPSA) is 286 Å². The molecule has 21 heteroatoms. The third-order valence-electron chi connectivity index (χ3n) is 22.2. The van der Waals surface area contributed by atoms with E-state index in [1.165, 1.54) is 357 Å². The van der Waals surface area contributed by atoms with Crippen molar-refractivity contribution in [1.82, 2.24) is 0 Å². The van der Waals surface area contributed by atoms with Crippen molar-refractivity contribution in [3.8, 4) is 0 Å². The molecule has 0 unspecified atom stereocenters. The fraction of sp³-hybridized carbons (Fsp3) is 0.765. The van der Waals surface area contributed by atoms with Crippen LogP contribution in [0, 0.1) is 0 Å². The van der Waals surface area contributed by atoms with E-state index in [-0.39, 0.29) is 47.4 Å². The zero-order chi connectivity index (χ0) is 91.5. The van der Waals surface area contributed by atoms with Crippen LogP contribution in [0.25, 0.3) is 0 Å². The molecule has 123 heavy (non-hydrogen) atoms. The van der Waals surface area contributed by atoms with Crippen molar-refractivity contribution in [2.45, 2.75) is 525 Å². The molecule has 4 rings (SSSR count). The summed E-state index contributed by atoms with van der Waals surface area (Å²) in [7, 11) is -17.3. The second-order valence-electron chi connectivity index (χ2n) is 34.6. The van der Waals surface area contributed by atoms with Gasteiger partial charge >= 0.3 is 45.4 Å². The molecule has 4 aromatic rings. The summed E-state index contributed by atoms with van der Waals surface area (Å²) in [5.74, 6) is 0. The number of hydrogen-bond acceptors (Lipinski definition) is 14. The Balaban J connectivity index is -0.000000779. The minimum atomic E-state index is -4.35. The minimum Gasteiger partial charge on any atom is 4.00 e. The van der Waals surface area contributed by atoms with Gasteiger partial charge in [0.1, 0.15) is 30.4 Å². The van der Waals surface area contributed by atoms with Crippen LogP contribution in [-0.4, -0.2) is 69.2 Å². The molecule has 0 saturated carbocycles. The van der Waals surface area contributed by atoms with Gasteiger partial charge < -0.3 is 23.9 Å². The summed E-state index contributed by atoms with van der Waals surface area (Å²) in [6, 6.07) is 23.4. The number of aliphatic hydroxyl groups excluding tert-OH is 1. The van der Waals surface area contributed by atoms with E-state index in [9.17, 15) is 57.0 Å². The first-order valence-corrected chi connectivity index (χ1v) is 55.6. The summed E-state index contributed by atoms with van der Waals surface area (Å²) in [6.07, 6.45) is 80.6. The van der Waals surface area contributed by atoms with E-state index in [1.807, 2.05) is 6.07 Å². The van der Waals surface area contributed by atoms with E-state index < -0.39 is 46.6 Å². The van der Waals surface area contributed by atoms with Crippen LogP contribution in [0.1, 0.15) is 488 Å². The van der Waals surface area contributed by atoms with Crippen molar-refractivity contribution in [1.29, 1.82) is 0 Å². The summed E-state index contributed by atoms with van der Waals surface area (Å²) in [6.45, 7) is 20.2. The van der Waals surface area contributed by atoms with Crippen molar-refractivity contribution in [3.63, 3.8) is 0 Å². The van der Waals surface area contributed by atoms with E-state index in [1.54, 1.807) is 88.4 Å². The van der Waals surface area contributed by atoms with Crippen LogP contribution >= 0.6 is 0 Å². The summed E-state index contributed by atoms with van der Waals surface area (Å²) >= 11 is 0.750. The van der Waals surface area contributed by atoms with Crippen molar-refractivity contribution < 1.29 is 108 Å². The third-order valence-corrected chi connectivity index (χ3v) is 26.0. The normalized spacial score (nSPS) is 11.4. The smallest absolute Gasteiger partial charge is 4.00 e. The van der Waals surface area contributed by atoms with E-state index in [0.29, 0.717) is 36.0 Å².